The summed E-state index contributed by atoms with van der Waals surface area (Å²) in [5, 5.41) is 3.43. The lowest BCUT2D eigenvalue weighted by Crippen LogP contribution is -2.38. The zero-order chi connectivity index (χ0) is 18.9. The summed E-state index contributed by atoms with van der Waals surface area (Å²) in [6.07, 6.45) is 0. The number of hydrogen-bond donors (Lipinski definition) is 1. The highest BCUT2D eigenvalue weighted by Crippen LogP contribution is 2.18. The highest BCUT2D eigenvalue weighted by Gasteiger charge is 2.09. The Bertz CT molecular complexity index is 716. The average Bonchev–Trinajstić information content (AvgIpc) is 2.63. The zero-order valence-electron chi connectivity index (χ0n) is 16.9. The van der Waals surface area contributed by atoms with Gasteiger partial charge in [0.05, 0.1) is 7.11 Å². The van der Waals surface area contributed by atoms with Crippen molar-refractivity contribution in [3.05, 3.63) is 65.2 Å². The molecule has 2 rings (SSSR count). The number of hydrogen-bond acceptors (Lipinski definition) is 3. The summed E-state index contributed by atoms with van der Waals surface area (Å²) < 4.78 is 5.44. The molecule has 0 atom stereocenters. The molecule has 0 saturated carbocycles. The molecule has 0 bridgehead atoms. The minimum absolute atomic E-state index is 0. The summed E-state index contributed by atoms with van der Waals surface area (Å²) in [7, 11) is 9.70. The maximum Gasteiger partial charge on any atom is 0.193 e. The Labute approximate surface area is 180 Å². The maximum atomic E-state index is 5.44. The van der Waals surface area contributed by atoms with Crippen LogP contribution in [0.4, 0.5) is 0 Å². The monoisotopic (exact) mass is 482 g/mol. The molecular formula is C21H31IN4O. The highest BCUT2D eigenvalue weighted by molar-refractivity contribution is 14.0. The van der Waals surface area contributed by atoms with E-state index < -0.39 is 0 Å². The second-order valence-corrected chi connectivity index (χ2v) is 6.62. The van der Waals surface area contributed by atoms with Gasteiger partial charge in [-0.1, -0.05) is 42.5 Å². The molecular weight excluding hydrogens is 451 g/mol. The standard InChI is InChI=1S/C21H30N4O.HI/c1-22-21(25(4)16-19-8-6-7-9-20(19)26-5)23-14-17-10-12-18(13-11-17)15-24(2)3;/h6-13H,14-16H2,1-5H3,(H,22,23);1H. The largest absolute Gasteiger partial charge is 0.496 e. The van der Waals surface area contributed by atoms with Gasteiger partial charge in [-0.25, -0.2) is 0 Å². The number of para-hydroxylation sites is 1. The van der Waals surface area contributed by atoms with Crippen LogP contribution in [0.15, 0.2) is 53.5 Å². The lowest BCUT2D eigenvalue weighted by molar-refractivity contribution is 0.396. The smallest absolute Gasteiger partial charge is 0.193 e. The van der Waals surface area contributed by atoms with Crippen LogP contribution in [0.2, 0.25) is 0 Å². The number of ether oxygens (including phenoxy) is 1. The number of nitrogens with one attached hydrogen (secondary N) is 1. The molecule has 0 aliphatic rings. The maximum absolute atomic E-state index is 5.44. The van der Waals surface area contributed by atoms with Crippen LogP contribution in [-0.2, 0) is 19.6 Å². The summed E-state index contributed by atoms with van der Waals surface area (Å²) >= 11 is 0. The summed E-state index contributed by atoms with van der Waals surface area (Å²) in [5.41, 5.74) is 3.68. The van der Waals surface area contributed by atoms with Crippen LogP contribution in [0, 0.1) is 0 Å². The van der Waals surface area contributed by atoms with Crippen molar-refractivity contribution >= 4 is 29.9 Å². The molecule has 0 radical (unpaired) electrons. The first-order chi connectivity index (χ1) is 12.5. The fourth-order valence-electron chi connectivity index (χ4n) is 2.86. The van der Waals surface area contributed by atoms with Gasteiger partial charge in [0.25, 0.3) is 0 Å². The summed E-state index contributed by atoms with van der Waals surface area (Å²) in [6, 6.07) is 16.8. The molecule has 1 N–H and O–H groups in total. The molecule has 2 aromatic carbocycles. The van der Waals surface area contributed by atoms with E-state index in [0.29, 0.717) is 0 Å². The average molecular weight is 482 g/mol. The first-order valence-electron chi connectivity index (χ1n) is 8.79. The zero-order valence-corrected chi connectivity index (χ0v) is 19.2. The number of aliphatic imine (C=N–C) groups is 1. The fourth-order valence-corrected chi connectivity index (χ4v) is 2.86. The van der Waals surface area contributed by atoms with Crippen LogP contribution >= 0.6 is 24.0 Å². The predicted molar refractivity (Wildman–Crippen MR) is 124 cm³/mol. The first-order valence-corrected chi connectivity index (χ1v) is 8.79. The molecule has 0 aromatic heterocycles. The molecule has 0 fully saturated rings. The molecule has 6 heteroatoms. The van der Waals surface area contributed by atoms with Crippen LogP contribution < -0.4 is 10.1 Å². The van der Waals surface area contributed by atoms with Crippen molar-refractivity contribution in [3.63, 3.8) is 0 Å². The van der Waals surface area contributed by atoms with E-state index >= 15 is 0 Å². The Morgan fingerprint density at radius 1 is 0.963 bits per heavy atom. The van der Waals surface area contributed by atoms with Gasteiger partial charge in [-0.2, -0.15) is 0 Å². The second-order valence-electron chi connectivity index (χ2n) is 6.62. The van der Waals surface area contributed by atoms with E-state index in [9.17, 15) is 0 Å². The van der Waals surface area contributed by atoms with Crippen LogP contribution in [-0.4, -0.2) is 51.1 Å². The minimum Gasteiger partial charge on any atom is -0.496 e. The number of rotatable bonds is 7. The van der Waals surface area contributed by atoms with Crippen LogP contribution in [0.3, 0.4) is 0 Å². The highest BCUT2D eigenvalue weighted by atomic mass is 127. The Kier molecular flexibility index (Phi) is 10.2. The molecule has 2 aromatic rings. The second kappa shape index (κ2) is 11.8. The van der Waals surface area contributed by atoms with Crippen molar-refractivity contribution in [1.82, 2.24) is 15.1 Å². The number of benzene rings is 2. The predicted octanol–water partition coefficient (Wildman–Crippen LogP) is 3.58. The SMILES string of the molecule is CN=C(NCc1ccc(CN(C)C)cc1)N(C)Cc1ccccc1OC.I. The molecule has 0 heterocycles. The lowest BCUT2D eigenvalue weighted by Gasteiger charge is -2.23. The third-order valence-electron chi connectivity index (χ3n) is 4.15. The van der Waals surface area contributed by atoms with Crippen molar-refractivity contribution in [2.75, 3.05) is 35.3 Å². The quantitative estimate of drug-likeness (QED) is 0.372. The third kappa shape index (κ3) is 7.38. The molecule has 27 heavy (non-hydrogen) atoms. The van der Waals surface area contributed by atoms with Gasteiger partial charge in [-0.15, -0.1) is 24.0 Å². The van der Waals surface area contributed by atoms with Gasteiger partial charge in [-0.05, 0) is 31.3 Å². The minimum atomic E-state index is 0. The Hall–Kier alpha value is -1.80. The van der Waals surface area contributed by atoms with Gasteiger partial charge in [0.1, 0.15) is 5.75 Å². The van der Waals surface area contributed by atoms with Crippen molar-refractivity contribution < 1.29 is 4.74 Å². The van der Waals surface area contributed by atoms with Gasteiger partial charge < -0.3 is 19.9 Å². The van der Waals surface area contributed by atoms with Crippen molar-refractivity contribution in [3.8, 4) is 5.75 Å². The van der Waals surface area contributed by atoms with E-state index in [1.165, 1.54) is 11.1 Å². The fraction of sp³-hybridized carbons (Fsp3) is 0.381. The molecule has 0 aliphatic carbocycles. The lowest BCUT2D eigenvalue weighted by atomic mass is 10.1. The summed E-state index contributed by atoms with van der Waals surface area (Å²) in [5.74, 6) is 1.75. The van der Waals surface area contributed by atoms with E-state index in [1.54, 1.807) is 14.2 Å². The van der Waals surface area contributed by atoms with Crippen molar-refractivity contribution in [2.24, 2.45) is 4.99 Å². The third-order valence-corrected chi connectivity index (χ3v) is 4.15. The topological polar surface area (TPSA) is 40.1 Å². The Balaban J connectivity index is 0.00000364. The Morgan fingerprint density at radius 2 is 1.59 bits per heavy atom. The number of halogens is 1. The molecule has 5 nitrogen and oxygen atoms in total. The van der Waals surface area contributed by atoms with Gasteiger partial charge in [0.15, 0.2) is 5.96 Å². The van der Waals surface area contributed by atoms with E-state index in [-0.39, 0.29) is 24.0 Å². The van der Waals surface area contributed by atoms with Crippen LogP contribution in [0.25, 0.3) is 0 Å². The van der Waals surface area contributed by atoms with Gasteiger partial charge in [-0.3, -0.25) is 4.99 Å². The van der Waals surface area contributed by atoms with E-state index in [2.05, 4.69) is 64.5 Å². The molecule has 0 saturated heterocycles. The number of guanidine groups is 1. The molecule has 0 unspecified atom stereocenters. The first kappa shape index (κ1) is 23.2. The van der Waals surface area contributed by atoms with Crippen molar-refractivity contribution in [1.29, 1.82) is 0 Å². The van der Waals surface area contributed by atoms with Crippen LogP contribution in [0.5, 0.6) is 5.75 Å². The van der Waals surface area contributed by atoms with Gasteiger partial charge in [0.2, 0.25) is 0 Å². The van der Waals surface area contributed by atoms with Crippen LogP contribution in [0.1, 0.15) is 16.7 Å². The normalized spacial score (nSPS) is 11.1. The number of nitrogens with zero attached hydrogens (tertiary/aromatic N) is 3. The Morgan fingerprint density at radius 3 is 2.19 bits per heavy atom. The van der Waals surface area contributed by atoms with E-state index in [0.717, 1.165) is 36.9 Å². The summed E-state index contributed by atoms with van der Waals surface area (Å²) in [4.78, 5) is 8.66. The molecule has 0 aliphatic heterocycles. The van der Waals surface area contributed by atoms with E-state index in [1.807, 2.05) is 25.2 Å². The molecule has 148 valence electrons. The van der Waals surface area contributed by atoms with Crippen molar-refractivity contribution in [2.45, 2.75) is 19.6 Å². The van der Waals surface area contributed by atoms with Gasteiger partial charge >= 0.3 is 0 Å². The van der Waals surface area contributed by atoms with E-state index in [4.69, 9.17) is 4.74 Å². The summed E-state index contributed by atoms with van der Waals surface area (Å²) in [6.45, 7) is 2.42. The number of methoxy groups -OCH3 is 1. The molecule has 0 amide bonds. The molecule has 0 spiro atoms. The van der Waals surface area contributed by atoms with Gasteiger partial charge in [0, 0.05) is 39.3 Å².